The molecule has 3 aromatic heterocycles. The zero-order valence-electron chi connectivity index (χ0n) is 23.0. The number of benzene rings is 2. The monoisotopic (exact) mass is 632 g/mol. The van der Waals surface area contributed by atoms with E-state index in [0.717, 1.165) is 16.8 Å². The number of Topliss-reactive ketones (excluding diaryl/α,β-unsaturated/α-hetero) is 1. The minimum absolute atomic E-state index is 0.0935. The largest absolute Gasteiger partial charge is 0.462 e. The van der Waals surface area contributed by atoms with Crippen molar-refractivity contribution in [3.8, 4) is 11.3 Å². The molecule has 5 rings (SSSR count). The lowest BCUT2D eigenvalue weighted by Gasteiger charge is -2.01. The maximum Gasteiger partial charge on any atom is 0.342 e. The van der Waals surface area contributed by atoms with Crippen LogP contribution in [-0.2, 0) is 9.47 Å². The summed E-state index contributed by atoms with van der Waals surface area (Å²) in [5.41, 5.74) is 9.07. The Hall–Kier alpha value is -4.97. The number of halogens is 1. The molecule has 0 aliphatic carbocycles. The number of ether oxygens (including phenoxy) is 2. The van der Waals surface area contributed by atoms with E-state index in [1.54, 1.807) is 36.8 Å². The Bertz CT molecular complexity index is 1610. The highest BCUT2D eigenvalue weighted by atomic mass is 79.9. The number of anilines is 1. The zero-order chi connectivity index (χ0) is 30.3. The molecule has 0 aliphatic heterocycles. The number of rotatable bonds is 7. The van der Waals surface area contributed by atoms with Gasteiger partial charge >= 0.3 is 11.9 Å². The van der Waals surface area contributed by atoms with Crippen molar-refractivity contribution in [1.82, 2.24) is 24.8 Å². The summed E-state index contributed by atoms with van der Waals surface area (Å²) in [6.45, 7) is 4.15. The van der Waals surface area contributed by atoms with Crippen LogP contribution in [0.1, 0.15) is 44.9 Å². The maximum atomic E-state index is 11.9. The van der Waals surface area contributed by atoms with Crippen molar-refractivity contribution in [3.05, 3.63) is 108 Å². The van der Waals surface area contributed by atoms with Gasteiger partial charge in [0.2, 0.25) is 0 Å². The summed E-state index contributed by atoms with van der Waals surface area (Å²) < 4.78 is 11.3. The Morgan fingerprint density at radius 2 is 1.43 bits per heavy atom. The van der Waals surface area contributed by atoms with E-state index in [1.807, 2.05) is 60.7 Å². The standard InChI is InChI=1S/C15H13N3O2.C8H7BrO.C7H9N3O2/c1-2-20-15(19)12-8-9-16-18-10-13(17-14(12)18)11-6-4-3-5-7-11;9-6-8(10)7-4-2-1-3-5-7;1-2-12-7(11)5-3-4-9-10-6(5)8/h3-10H,2H2,1H3;1-5H,6H2;3-4H,2H2,1H3,(H2,8,10). The number of carbonyl (C=O) groups excluding carboxylic acids is 3. The number of imidazole rings is 1. The molecule has 11 nitrogen and oxygen atoms in total. The van der Waals surface area contributed by atoms with Gasteiger partial charge in [0, 0.05) is 17.3 Å². The molecular weight excluding hydrogens is 604 g/mol. The van der Waals surface area contributed by atoms with Crippen LogP contribution in [-0.4, -0.2) is 61.1 Å². The first-order chi connectivity index (χ1) is 20.4. The van der Waals surface area contributed by atoms with Crippen LogP contribution >= 0.6 is 15.9 Å². The van der Waals surface area contributed by atoms with Crippen molar-refractivity contribution in [1.29, 1.82) is 0 Å². The molecule has 216 valence electrons. The predicted molar refractivity (Wildman–Crippen MR) is 161 cm³/mol. The molecule has 3 heterocycles. The Balaban J connectivity index is 0.000000188. The molecule has 0 radical (unpaired) electrons. The number of hydrogen-bond acceptors (Lipinski definition) is 10. The van der Waals surface area contributed by atoms with E-state index in [-0.39, 0.29) is 23.1 Å². The summed E-state index contributed by atoms with van der Waals surface area (Å²) >= 11 is 3.10. The number of esters is 2. The van der Waals surface area contributed by atoms with E-state index >= 15 is 0 Å². The van der Waals surface area contributed by atoms with E-state index < -0.39 is 5.97 Å². The number of ketones is 1. The first kappa shape index (κ1) is 31.6. The zero-order valence-corrected chi connectivity index (χ0v) is 24.6. The maximum absolute atomic E-state index is 11.9. The molecule has 0 aliphatic rings. The van der Waals surface area contributed by atoms with Crippen molar-refractivity contribution in [2.45, 2.75) is 13.8 Å². The molecule has 0 bridgehead atoms. The van der Waals surface area contributed by atoms with Crippen LogP contribution in [0.4, 0.5) is 5.82 Å². The van der Waals surface area contributed by atoms with Gasteiger partial charge in [-0.2, -0.15) is 10.2 Å². The van der Waals surface area contributed by atoms with Crippen LogP contribution in [0.25, 0.3) is 16.9 Å². The lowest BCUT2D eigenvalue weighted by molar-refractivity contribution is 0.0517. The van der Waals surface area contributed by atoms with Crippen molar-refractivity contribution >= 4 is 45.1 Å². The van der Waals surface area contributed by atoms with Crippen LogP contribution in [0.15, 0.2) is 91.4 Å². The summed E-state index contributed by atoms with van der Waals surface area (Å²) in [6, 6.07) is 22.1. The predicted octanol–water partition coefficient (Wildman–Crippen LogP) is 5.07. The fourth-order valence-electron chi connectivity index (χ4n) is 3.44. The van der Waals surface area contributed by atoms with Crippen LogP contribution in [0.2, 0.25) is 0 Å². The number of carbonyl (C=O) groups is 3. The number of aromatic nitrogens is 5. The van der Waals surface area contributed by atoms with Crippen LogP contribution in [0.5, 0.6) is 0 Å². The van der Waals surface area contributed by atoms with Crippen molar-refractivity contribution < 1.29 is 23.9 Å². The van der Waals surface area contributed by atoms with Crippen LogP contribution in [0, 0.1) is 0 Å². The summed E-state index contributed by atoms with van der Waals surface area (Å²) in [4.78, 5) is 38.4. The summed E-state index contributed by atoms with van der Waals surface area (Å²) in [6.07, 6.45) is 4.76. The molecule has 0 fully saturated rings. The van der Waals surface area contributed by atoms with Crippen LogP contribution < -0.4 is 5.73 Å². The molecule has 0 unspecified atom stereocenters. The third kappa shape index (κ3) is 8.77. The molecule has 2 aromatic carbocycles. The van der Waals surface area contributed by atoms with Gasteiger partial charge in [-0.3, -0.25) is 4.79 Å². The smallest absolute Gasteiger partial charge is 0.342 e. The van der Waals surface area contributed by atoms with Gasteiger partial charge in [0.25, 0.3) is 0 Å². The molecule has 0 amide bonds. The highest BCUT2D eigenvalue weighted by Crippen LogP contribution is 2.20. The fraction of sp³-hybridized carbons (Fsp3) is 0.167. The summed E-state index contributed by atoms with van der Waals surface area (Å²) in [5.74, 6) is -0.633. The second-order valence-corrected chi connectivity index (χ2v) is 8.76. The highest BCUT2D eigenvalue weighted by Gasteiger charge is 2.15. The Morgan fingerprint density at radius 3 is 2.02 bits per heavy atom. The number of fused-ring (bicyclic) bond motifs is 1. The molecule has 12 heteroatoms. The van der Waals surface area contributed by atoms with E-state index in [2.05, 4.69) is 36.2 Å². The van der Waals surface area contributed by atoms with E-state index in [4.69, 9.17) is 15.2 Å². The van der Waals surface area contributed by atoms with Gasteiger partial charge in [0.1, 0.15) is 11.1 Å². The van der Waals surface area contributed by atoms with E-state index in [9.17, 15) is 14.4 Å². The van der Waals surface area contributed by atoms with Gasteiger partial charge in [-0.05, 0) is 26.0 Å². The number of nitrogens with zero attached hydrogens (tertiary/aromatic N) is 5. The minimum Gasteiger partial charge on any atom is -0.462 e. The average Bonchev–Trinajstić information content (AvgIpc) is 3.47. The molecular formula is C30H29BrN6O5. The second kappa shape index (κ2) is 16.3. The number of hydrogen-bond donors (Lipinski definition) is 1. The van der Waals surface area contributed by atoms with Gasteiger partial charge < -0.3 is 15.2 Å². The molecule has 0 saturated carbocycles. The number of nitrogens with two attached hydrogens (primary N) is 1. The number of alkyl halides is 1. The third-order valence-electron chi connectivity index (χ3n) is 5.39. The van der Waals surface area contributed by atoms with Crippen molar-refractivity contribution in [2.24, 2.45) is 0 Å². The van der Waals surface area contributed by atoms with Gasteiger partial charge in [-0.25, -0.2) is 19.1 Å². The lowest BCUT2D eigenvalue weighted by Crippen LogP contribution is -2.09. The Labute approximate surface area is 250 Å². The van der Waals surface area contributed by atoms with Crippen molar-refractivity contribution in [3.63, 3.8) is 0 Å². The molecule has 2 N–H and O–H groups in total. The lowest BCUT2D eigenvalue weighted by atomic mass is 10.2. The van der Waals surface area contributed by atoms with Gasteiger partial charge in [-0.1, -0.05) is 76.6 Å². The fourth-order valence-corrected chi connectivity index (χ4v) is 3.76. The van der Waals surface area contributed by atoms with Crippen molar-refractivity contribution in [2.75, 3.05) is 24.3 Å². The summed E-state index contributed by atoms with van der Waals surface area (Å²) in [5, 5.41) is 11.6. The molecule has 0 saturated heterocycles. The molecule has 0 spiro atoms. The first-order valence-electron chi connectivity index (χ1n) is 12.8. The second-order valence-electron chi connectivity index (χ2n) is 8.20. The first-order valence-corrected chi connectivity index (χ1v) is 14.0. The van der Waals surface area contributed by atoms with Gasteiger partial charge in [-0.15, -0.1) is 5.10 Å². The highest BCUT2D eigenvalue weighted by molar-refractivity contribution is 9.09. The summed E-state index contributed by atoms with van der Waals surface area (Å²) in [7, 11) is 0. The van der Waals surface area contributed by atoms with Crippen LogP contribution in [0.3, 0.4) is 0 Å². The minimum atomic E-state index is -0.468. The van der Waals surface area contributed by atoms with Gasteiger partial charge in [0.15, 0.2) is 17.2 Å². The molecule has 5 aromatic rings. The Morgan fingerprint density at radius 1 is 0.833 bits per heavy atom. The molecule has 42 heavy (non-hydrogen) atoms. The third-order valence-corrected chi connectivity index (χ3v) is 5.90. The van der Waals surface area contributed by atoms with E-state index in [1.165, 1.54) is 12.3 Å². The quantitative estimate of drug-likeness (QED) is 0.146. The molecule has 0 atom stereocenters. The van der Waals surface area contributed by atoms with Gasteiger partial charge in [0.05, 0.1) is 36.6 Å². The average molecular weight is 634 g/mol. The normalized spacial score (nSPS) is 9.98. The topological polar surface area (TPSA) is 152 Å². The van der Waals surface area contributed by atoms with E-state index in [0.29, 0.717) is 29.8 Å². The Kier molecular flexibility index (Phi) is 12.3. The SMILES string of the molecule is CCOC(=O)c1ccnn2cc(-c3ccccc3)nc12.CCOC(=O)c1ccnnc1N.O=C(CBr)c1ccccc1. The number of nitrogen functional groups attached to an aromatic ring is 1.